The second-order valence-electron chi connectivity index (χ2n) is 6.17. The first-order valence-corrected chi connectivity index (χ1v) is 7.97. The fourth-order valence-corrected chi connectivity index (χ4v) is 2.22. The van der Waals surface area contributed by atoms with Crippen LogP contribution < -0.4 is 16.0 Å². The van der Waals surface area contributed by atoms with Gasteiger partial charge in [-0.05, 0) is 51.0 Å². The smallest absolute Gasteiger partial charge is 0.319 e. The predicted octanol–water partition coefficient (Wildman–Crippen LogP) is 3.33. The van der Waals surface area contributed by atoms with Crippen molar-refractivity contribution in [2.24, 2.45) is 0 Å². The number of amides is 3. The number of rotatable bonds is 5. The minimum absolute atomic E-state index is 0.0616. The monoisotopic (exact) mass is 328 g/mol. The van der Waals surface area contributed by atoms with Crippen molar-refractivity contribution in [3.05, 3.63) is 41.8 Å². The zero-order valence-electron chi connectivity index (χ0n) is 13.6. The molecule has 24 heavy (non-hydrogen) atoms. The molecule has 0 saturated heterocycles. The average Bonchev–Trinajstić information content (AvgIpc) is 3.25. The molecule has 0 spiro atoms. The van der Waals surface area contributed by atoms with E-state index in [1.54, 1.807) is 30.3 Å². The number of urea groups is 1. The second kappa shape index (κ2) is 6.74. The van der Waals surface area contributed by atoms with E-state index in [-0.39, 0.29) is 23.7 Å². The molecule has 0 radical (unpaired) electrons. The summed E-state index contributed by atoms with van der Waals surface area (Å²) in [6, 6.07) is 8.35. The van der Waals surface area contributed by atoms with Crippen LogP contribution in [0.2, 0.25) is 0 Å². The molecule has 1 fully saturated rings. The van der Waals surface area contributed by atoms with Crippen molar-refractivity contribution in [3.63, 3.8) is 0 Å². The average molecular weight is 328 g/mol. The van der Waals surface area contributed by atoms with Gasteiger partial charge in [0.2, 0.25) is 0 Å². The molecular weight excluding hydrogens is 308 g/mol. The lowest BCUT2D eigenvalue weighted by Gasteiger charge is -2.10. The van der Waals surface area contributed by atoms with E-state index in [0.717, 1.165) is 18.6 Å². The molecule has 7 heteroatoms. The Morgan fingerprint density at radius 2 is 1.75 bits per heavy atom. The summed E-state index contributed by atoms with van der Waals surface area (Å²) >= 11 is 0. The number of nitrogens with one attached hydrogen (secondary N) is 3. The molecule has 1 aromatic carbocycles. The highest BCUT2D eigenvalue weighted by molar-refractivity contribution is 6.03. The van der Waals surface area contributed by atoms with Crippen molar-refractivity contribution < 1.29 is 14.1 Å². The van der Waals surface area contributed by atoms with Gasteiger partial charge in [0.15, 0.2) is 5.69 Å². The zero-order chi connectivity index (χ0) is 17.1. The first kappa shape index (κ1) is 16.0. The minimum atomic E-state index is -0.316. The maximum atomic E-state index is 12.1. The van der Waals surface area contributed by atoms with E-state index in [9.17, 15) is 9.59 Å². The topological polar surface area (TPSA) is 96.3 Å². The van der Waals surface area contributed by atoms with Gasteiger partial charge in [-0.1, -0.05) is 5.16 Å². The van der Waals surface area contributed by atoms with Gasteiger partial charge in [-0.2, -0.15) is 0 Å². The summed E-state index contributed by atoms with van der Waals surface area (Å²) in [7, 11) is 0. The largest absolute Gasteiger partial charge is 0.360 e. The fourth-order valence-electron chi connectivity index (χ4n) is 2.22. The Balaban J connectivity index is 1.56. The predicted molar refractivity (Wildman–Crippen MR) is 90.2 cm³/mol. The summed E-state index contributed by atoms with van der Waals surface area (Å²) in [5.74, 6) is 0.876. The normalized spacial score (nSPS) is 13.6. The van der Waals surface area contributed by atoms with Crippen LogP contribution >= 0.6 is 0 Å². The highest BCUT2D eigenvalue weighted by atomic mass is 16.5. The molecule has 7 nitrogen and oxygen atoms in total. The van der Waals surface area contributed by atoms with Crippen molar-refractivity contribution in [3.8, 4) is 0 Å². The van der Waals surface area contributed by atoms with Crippen molar-refractivity contribution >= 4 is 23.3 Å². The van der Waals surface area contributed by atoms with Crippen LogP contribution in [0.4, 0.5) is 16.2 Å². The number of carbonyl (C=O) groups is 2. The number of aromatic nitrogens is 1. The van der Waals surface area contributed by atoms with Crippen LogP contribution in [0.15, 0.2) is 34.9 Å². The van der Waals surface area contributed by atoms with Crippen LogP contribution in [0.25, 0.3) is 0 Å². The Morgan fingerprint density at radius 1 is 1.12 bits per heavy atom. The molecule has 1 aliphatic carbocycles. The van der Waals surface area contributed by atoms with Gasteiger partial charge in [-0.25, -0.2) is 4.79 Å². The molecule has 1 heterocycles. The Morgan fingerprint density at radius 3 is 2.33 bits per heavy atom. The molecule has 0 aliphatic heterocycles. The maximum Gasteiger partial charge on any atom is 0.319 e. The van der Waals surface area contributed by atoms with Gasteiger partial charge in [0.05, 0.1) is 0 Å². The molecule has 0 atom stereocenters. The lowest BCUT2D eigenvalue weighted by molar-refractivity contribution is 0.101. The lowest BCUT2D eigenvalue weighted by Crippen LogP contribution is -2.34. The van der Waals surface area contributed by atoms with Crippen molar-refractivity contribution in [1.82, 2.24) is 10.5 Å². The minimum Gasteiger partial charge on any atom is -0.360 e. The molecule has 3 rings (SSSR count). The molecule has 0 unspecified atom stereocenters. The lowest BCUT2D eigenvalue weighted by atomic mass is 10.2. The fraction of sp³-hybridized carbons (Fsp3) is 0.353. The number of hydrogen-bond acceptors (Lipinski definition) is 4. The SMILES string of the molecule is CC(C)NC(=O)Nc1ccc(NC(=O)c2cc(C3CC3)on2)cc1. The molecule has 1 aromatic heterocycles. The van der Waals surface area contributed by atoms with E-state index in [2.05, 4.69) is 21.1 Å². The standard InChI is InChI=1S/C17H20N4O3/c1-10(2)18-17(23)20-13-7-5-12(6-8-13)19-16(22)14-9-15(24-21-14)11-3-4-11/h5-11H,3-4H2,1-2H3,(H,19,22)(H2,18,20,23). The molecular formula is C17H20N4O3. The third kappa shape index (κ3) is 4.13. The number of hydrogen-bond donors (Lipinski definition) is 3. The van der Waals surface area contributed by atoms with Crippen molar-refractivity contribution in [2.75, 3.05) is 10.6 Å². The van der Waals surface area contributed by atoms with E-state index < -0.39 is 0 Å². The highest BCUT2D eigenvalue weighted by Gasteiger charge is 2.28. The van der Waals surface area contributed by atoms with E-state index in [1.807, 2.05) is 13.8 Å². The first-order chi connectivity index (χ1) is 11.5. The van der Waals surface area contributed by atoms with Crippen LogP contribution in [0.5, 0.6) is 0 Å². The third-order valence-electron chi connectivity index (χ3n) is 3.56. The molecule has 0 bridgehead atoms. The quantitative estimate of drug-likeness (QED) is 0.784. The summed E-state index contributed by atoms with van der Waals surface area (Å²) in [6.45, 7) is 3.77. The van der Waals surface area contributed by atoms with Gasteiger partial charge in [-0.15, -0.1) is 0 Å². The molecule has 3 amide bonds. The van der Waals surface area contributed by atoms with Gasteiger partial charge in [-0.3, -0.25) is 4.79 Å². The number of carbonyl (C=O) groups excluding carboxylic acids is 2. The van der Waals surface area contributed by atoms with Crippen LogP contribution in [0.1, 0.15) is 48.9 Å². The third-order valence-corrected chi connectivity index (χ3v) is 3.56. The molecule has 126 valence electrons. The molecule has 2 aromatic rings. The van der Waals surface area contributed by atoms with Crippen LogP contribution in [0, 0.1) is 0 Å². The number of benzene rings is 1. The van der Waals surface area contributed by atoms with Crippen LogP contribution in [-0.2, 0) is 0 Å². The van der Waals surface area contributed by atoms with Crippen LogP contribution in [-0.4, -0.2) is 23.1 Å². The summed E-state index contributed by atoms with van der Waals surface area (Å²) in [4.78, 5) is 23.8. The summed E-state index contributed by atoms with van der Waals surface area (Å²) < 4.78 is 5.18. The first-order valence-electron chi connectivity index (χ1n) is 7.97. The van der Waals surface area contributed by atoms with E-state index in [4.69, 9.17) is 4.52 Å². The number of nitrogens with zero attached hydrogens (tertiary/aromatic N) is 1. The molecule has 3 N–H and O–H groups in total. The van der Waals surface area contributed by atoms with E-state index in [0.29, 0.717) is 17.3 Å². The van der Waals surface area contributed by atoms with Gasteiger partial charge >= 0.3 is 6.03 Å². The highest BCUT2D eigenvalue weighted by Crippen LogP contribution is 2.40. The van der Waals surface area contributed by atoms with Gasteiger partial charge < -0.3 is 20.5 Å². The molecule has 1 aliphatic rings. The Kier molecular flexibility index (Phi) is 4.50. The maximum absolute atomic E-state index is 12.1. The summed E-state index contributed by atoms with van der Waals surface area (Å²) in [5.41, 5.74) is 1.53. The van der Waals surface area contributed by atoms with Crippen LogP contribution in [0.3, 0.4) is 0 Å². The van der Waals surface area contributed by atoms with Gasteiger partial charge in [0, 0.05) is 29.4 Å². The Bertz CT molecular complexity index is 733. The molecule has 1 saturated carbocycles. The summed E-state index contributed by atoms with van der Waals surface area (Å²) in [6.07, 6.45) is 2.18. The van der Waals surface area contributed by atoms with E-state index in [1.165, 1.54) is 0 Å². The Hall–Kier alpha value is -2.83. The Labute approximate surface area is 139 Å². The van der Waals surface area contributed by atoms with E-state index >= 15 is 0 Å². The van der Waals surface area contributed by atoms with Gasteiger partial charge in [0.1, 0.15) is 5.76 Å². The number of anilines is 2. The zero-order valence-corrected chi connectivity index (χ0v) is 13.6. The summed E-state index contributed by atoms with van der Waals surface area (Å²) in [5, 5.41) is 12.0. The van der Waals surface area contributed by atoms with Crippen molar-refractivity contribution in [1.29, 1.82) is 0 Å². The van der Waals surface area contributed by atoms with Gasteiger partial charge in [0.25, 0.3) is 5.91 Å². The second-order valence-corrected chi connectivity index (χ2v) is 6.17. The van der Waals surface area contributed by atoms with Crippen molar-refractivity contribution in [2.45, 2.75) is 38.6 Å².